The van der Waals surface area contributed by atoms with Crippen molar-refractivity contribution in [2.45, 2.75) is 50.2 Å². The highest BCUT2D eigenvalue weighted by atomic mass is 32.2. The van der Waals surface area contributed by atoms with Crippen molar-refractivity contribution in [3.05, 3.63) is 0 Å². The Morgan fingerprint density at radius 2 is 1.90 bits per heavy atom. The minimum Gasteiger partial charge on any atom is -0.480 e. The van der Waals surface area contributed by atoms with Gasteiger partial charge in [0.15, 0.2) is 9.84 Å². The number of nitrogens with zero attached hydrogens (tertiary/aromatic N) is 1. The van der Waals surface area contributed by atoms with Crippen molar-refractivity contribution in [2.24, 2.45) is 0 Å². The zero-order chi connectivity index (χ0) is 14.8. The second kappa shape index (κ2) is 5.99. The molecule has 6 nitrogen and oxygen atoms in total. The van der Waals surface area contributed by atoms with E-state index in [-0.39, 0.29) is 30.6 Å². The molecule has 1 saturated heterocycles. The molecule has 0 aromatic heterocycles. The summed E-state index contributed by atoms with van der Waals surface area (Å²) in [5.74, 6) is -0.850. The summed E-state index contributed by atoms with van der Waals surface area (Å²) >= 11 is 0. The van der Waals surface area contributed by atoms with Crippen molar-refractivity contribution < 1.29 is 23.4 Å². The number of hydrogen-bond donors (Lipinski definition) is 2. The van der Waals surface area contributed by atoms with E-state index in [0.29, 0.717) is 19.3 Å². The van der Waals surface area contributed by atoms with E-state index in [1.165, 1.54) is 0 Å². The third kappa shape index (κ3) is 4.17. The molecule has 2 aliphatic rings. The van der Waals surface area contributed by atoms with Gasteiger partial charge in [0.2, 0.25) is 0 Å². The number of aliphatic carboxylic acids is 1. The standard InChI is InChI=1S/C13H23NO5S/c15-12(16)8-14(11-4-7-20(18,19)9-11)10-13(17)5-2-1-3-6-13/h11,17H,1-10H2,(H,15,16). The van der Waals surface area contributed by atoms with Gasteiger partial charge in [-0.3, -0.25) is 9.69 Å². The summed E-state index contributed by atoms with van der Waals surface area (Å²) in [5.41, 5.74) is -0.861. The molecule has 1 unspecified atom stereocenters. The molecule has 2 fully saturated rings. The number of carbonyl (C=O) groups is 1. The Morgan fingerprint density at radius 3 is 2.40 bits per heavy atom. The lowest BCUT2D eigenvalue weighted by atomic mass is 9.84. The minimum absolute atomic E-state index is 0.0103. The van der Waals surface area contributed by atoms with Crippen molar-refractivity contribution in [2.75, 3.05) is 24.6 Å². The van der Waals surface area contributed by atoms with Crippen molar-refractivity contribution in [1.82, 2.24) is 4.90 Å². The molecule has 20 heavy (non-hydrogen) atoms. The van der Waals surface area contributed by atoms with Crippen LogP contribution in [0.1, 0.15) is 38.5 Å². The third-order valence-corrected chi connectivity index (χ3v) is 6.10. The van der Waals surface area contributed by atoms with E-state index in [9.17, 15) is 18.3 Å². The second-order valence-electron chi connectivity index (χ2n) is 6.14. The Labute approximate surface area is 119 Å². The van der Waals surface area contributed by atoms with Crippen molar-refractivity contribution in [1.29, 1.82) is 0 Å². The summed E-state index contributed by atoms with van der Waals surface area (Å²) in [4.78, 5) is 12.7. The maximum absolute atomic E-state index is 11.6. The van der Waals surface area contributed by atoms with E-state index in [1.807, 2.05) is 0 Å². The molecule has 0 spiro atoms. The Balaban J connectivity index is 2.05. The first kappa shape index (κ1) is 15.7. The molecule has 7 heteroatoms. The number of aliphatic hydroxyl groups is 1. The van der Waals surface area contributed by atoms with Crippen LogP contribution in [-0.2, 0) is 14.6 Å². The van der Waals surface area contributed by atoms with E-state index >= 15 is 0 Å². The Bertz CT molecular complexity index is 455. The Hall–Kier alpha value is -0.660. The van der Waals surface area contributed by atoms with Crippen LogP contribution in [0.2, 0.25) is 0 Å². The smallest absolute Gasteiger partial charge is 0.317 e. The Morgan fingerprint density at radius 1 is 1.25 bits per heavy atom. The van der Waals surface area contributed by atoms with Crippen LogP contribution in [0.15, 0.2) is 0 Å². The van der Waals surface area contributed by atoms with E-state index in [0.717, 1.165) is 19.3 Å². The zero-order valence-corrected chi connectivity index (χ0v) is 12.4. The highest BCUT2D eigenvalue weighted by Crippen LogP contribution is 2.30. The van der Waals surface area contributed by atoms with Gasteiger partial charge in [0.05, 0.1) is 23.7 Å². The molecule has 1 aliphatic carbocycles. The lowest BCUT2D eigenvalue weighted by molar-refractivity contribution is -0.140. The van der Waals surface area contributed by atoms with Crippen LogP contribution in [0.4, 0.5) is 0 Å². The number of sulfone groups is 1. The maximum Gasteiger partial charge on any atom is 0.317 e. The predicted octanol–water partition coefficient (Wildman–Crippen LogP) is 0.255. The fourth-order valence-corrected chi connectivity index (χ4v) is 5.06. The summed E-state index contributed by atoms with van der Waals surface area (Å²) in [5, 5.41) is 19.6. The summed E-state index contributed by atoms with van der Waals surface area (Å²) in [6, 6.07) is -0.276. The zero-order valence-electron chi connectivity index (χ0n) is 11.6. The molecule has 1 saturated carbocycles. The van der Waals surface area contributed by atoms with Crippen LogP contribution in [-0.4, -0.2) is 65.7 Å². The molecule has 0 radical (unpaired) electrons. The lowest BCUT2D eigenvalue weighted by Crippen LogP contribution is -2.50. The molecule has 2 N–H and O–H groups in total. The van der Waals surface area contributed by atoms with Crippen molar-refractivity contribution in [3.63, 3.8) is 0 Å². The average molecular weight is 305 g/mol. The second-order valence-corrected chi connectivity index (χ2v) is 8.37. The van der Waals surface area contributed by atoms with E-state index in [2.05, 4.69) is 0 Å². The number of rotatable bonds is 5. The van der Waals surface area contributed by atoms with Crippen molar-refractivity contribution >= 4 is 15.8 Å². The van der Waals surface area contributed by atoms with Crippen molar-refractivity contribution in [3.8, 4) is 0 Å². The van der Waals surface area contributed by atoms with Gasteiger partial charge in [-0.15, -0.1) is 0 Å². The van der Waals surface area contributed by atoms with Gasteiger partial charge >= 0.3 is 5.97 Å². The predicted molar refractivity (Wildman–Crippen MR) is 74.3 cm³/mol. The molecule has 1 heterocycles. The van der Waals surface area contributed by atoms with E-state index in [1.54, 1.807) is 4.90 Å². The highest BCUT2D eigenvalue weighted by molar-refractivity contribution is 7.91. The molecule has 0 amide bonds. The van der Waals surface area contributed by atoms with Gasteiger partial charge in [0, 0.05) is 12.6 Å². The first-order chi connectivity index (χ1) is 9.30. The topological polar surface area (TPSA) is 94.9 Å². The molecular formula is C13H23NO5S. The maximum atomic E-state index is 11.6. The van der Waals surface area contributed by atoms with Gasteiger partial charge in [-0.25, -0.2) is 8.42 Å². The highest BCUT2D eigenvalue weighted by Gasteiger charge is 2.38. The van der Waals surface area contributed by atoms with Gasteiger partial charge in [-0.05, 0) is 19.3 Å². The van der Waals surface area contributed by atoms with Crippen LogP contribution >= 0.6 is 0 Å². The minimum atomic E-state index is -3.05. The van der Waals surface area contributed by atoms with E-state index in [4.69, 9.17) is 5.11 Å². The monoisotopic (exact) mass is 305 g/mol. The molecule has 0 aromatic rings. The quantitative estimate of drug-likeness (QED) is 0.756. The molecular weight excluding hydrogens is 282 g/mol. The lowest BCUT2D eigenvalue weighted by Gasteiger charge is -2.38. The van der Waals surface area contributed by atoms with Crippen LogP contribution < -0.4 is 0 Å². The number of hydrogen-bond acceptors (Lipinski definition) is 5. The summed E-state index contributed by atoms with van der Waals surface area (Å²) in [6.07, 6.45) is 4.79. The first-order valence-corrected chi connectivity index (χ1v) is 9.00. The largest absolute Gasteiger partial charge is 0.480 e. The molecule has 1 aliphatic heterocycles. The van der Waals surface area contributed by atoms with Gasteiger partial charge in [0.25, 0.3) is 0 Å². The fourth-order valence-electron chi connectivity index (χ4n) is 3.30. The molecule has 0 bridgehead atoms. The van der Waals surface area contributed by atoms with Crippen LogP contribution in [0.25, 0.3) is 0 Å². The van der Waals surface area contributed by atoms with Gasteiger partial charge < -0.3 is 10.2 Å². The van der Waals surface area contributed by atoms with Crippen LogP contribution in [0.5, 0.6) is 0 Å². The third-order valence-electron chi connectivity index (χ3n) is 4.34. The van der Waals surface area contributed by atoms with E-state index < -0.39 is 21.4 Å². The molecule has 2 rings (SSSR count). The summed E-state index contributed by atoms with van der Waals surface area (Å²) in [6.45, 7) is 0.0575. The average Bonchev–Trinajstić information content (AvgIpc) is 2.69. The van der Waals surface area contributed by atoms with Crippen LogP contribution in [0.3, 0.4) is 0 Å². The molecule has 1 atom stereocenters. The number of carboxylic acid groups (broad SMARTS) is 1. The molecule has 116 valence electrons. The SMILES string of the molecule is O=C(O)CN(CC1(O)CCCCC1)C1CCS(=O)(=O)C1. The van der Waals surface area contributed by atoms with Crippen LogP contribution in [0, 0.1) is 0 Å². The summed E-state index contributed by atoms with van der Waals surface area (Å²) in [7, 11) is -3.05. The molecule has 0 aromatic carbocycles. The number of carboxylic acids is 1. The van der Waals surface area contributed by atoms with Gasteiger partial charge in [-0.1, -0.05) is 19.3 Å². The Kier molecular flexibility index (Phi) is 4.71. The normalized spacial score (nSPS) is 28.6. The van der Waals surface area contributed by atoms with Gasteiger partial charge in [0.1, 0.15) is 0 Å². The van der Waals surface area contributed by atoms with Gasteiger partial charge in [-0.2, -0.15) is 0 Å². The first-order valence-electron chi connectivity index (χ1n) is 7.18. The fraction of sp³-hybridized carbons (Fsp3) is 0.923. The summed E-state index contributed by atoms with van der Waals surface area (Å²) < 4.78 is 23.1.